The van der Waals surface area contributed by atoms with E-state index in [1.54, 1.807) is 18.7 Å². The van der Waals surface area contributed by atoms with E-state index < -0.39 is 0 Å². The van der Waals surface area contributed by atoms with Crippen LogP contribution in [0.4, 0.5) is 5.69 Å². The molecule has 5 aromatic rings. The average Bonchev–Trinajstić information content (AvgIpc) is 3.27. The van der Waals surface area contributed by atoms with Gasteiger partial charge in [0.25, 0.3) is 5.56 Å². The molecule has 1 atom stereocenters. The van der Waals surface area contributed by atoms with Gasteiger partial charge in [-0.2, -0.15) is 0 Å². The number of hydrogen-bond acceptors (Lipinski definition) is 4. The molecule has 7 heteroatoms. The zero-order chi connectivity index (χ0) is 25.1. The van der Waals surface area contributed by atoms with Crippen LogP contribution in [0.1, 0.15) is 22.9 Å². The summed E-state index contributed by atoms with van der Waals surface area (Å²) in [6.45, 7) is 2.04. The van der Waals surface area contributed by atoms with Crippen LogP contribution in [0.15, 0.2) is 82.4 Å². The van der Waals surface area contributed by atoms with Gasteiger partial charge in [-0.05, 0) is 48.4 Å². The molecule has 0 saturated heterocycles. The second kappa shape index (κ2) is 8.02. The van der Waals surface area contributed by atoms with Crippen LogP contribution in [-0.4, -0.2) is 20.8 Å². The highest BCUT2D eigenvalue weighted by Crippen LogP contribution is 2.45. The molecule has 3 aromatic carbocycles. The maximum Gasteiger partial charge on any atom is 0.331 e. The van der Waals surface area contributed by atoms with Gasteiger partial charge < -0.3 is 14.6 Å². The number of para-hydroxylation sites is 2. The number of nitrogens with zero attached hydrogens (tertiary/aromatic N) is 3. The molecule has 0 spiro atoms. The predicted molar refractivity (Wildman–Crippen MR) is 142 cm³/mol. The molecule has 36 heavy (non-hydrogen) atoms. The monoisotopic (exact) mass is 478 g/mol. The summed E-state index contributed by atoms with van der Waals surface area (Å²) >= 11 is 0. The Morgan fingerprint density at radius 2 is 1.64 bits per heavy atom. The molecule has 0 radical (unpaired) electrons. The lowest BCUT2D eigenvalue weighted by molar-refractivity contribution is 0.414. The summed E-state index contributed by atoms with van der Waals surface area (Å²) in [6, 6.07) is 23.8. The van der Waals surface area contributed by atoms with Gasteiger partial charge in [-0.3, -0.25) is 13.9 Å². The molecule has 180 valence electrons. The van der Waals surface area contributed by atoms with E-state index >= 15 is 0 Å². The number of aryl methyl sites for hydroxylation is 2. The minimum absolute atomic E-state index is 0.301. The number of nitrogens with one attached hydrogen (secondary N) is 1. The maximum atomic E-state index is 13.7. The normalized spacial score (nSPS) is 14.3. The zero-order valence-corrected chi connectivity index (χ0v) is 20.6. The van der Waals surface area contributed by atoms with Gasteiger partial charge in [0, 0.05) is 14.1 Å². The molecule has 3 heterocycles. The van der Waals surface area contributed by atoms with Crippen molar-refractivity contribution in [2.45, 2.75) is 13.0 Å². The van der Waals surface area contributed by atoms with Crippen LogP contribution in [0.25, 0.3) is 27.8 Å². The lowest BCUT2D eigenvalue weighted by atomic mass is 9.99. The van der Waals surface area contributed by atoms with Gasteiger partial charge in [0.1, 0.15) is 5.75 Å². The molecule has 1 aliphatic heterocycles. The molecular weight excluding hydrogens is 452 g/mol. The topological polar surface area (TPSA) is 70.2 Å². The van der Waals surface area contributed by atoms with Crippen molar-refractivity contribution in [2.24, 2.45) is 14.1 Å². The second-order valence-electron chi connectivity index (χ2n) is 9.24. The summed E-state index contributed by atoms with van der Waals surface area (Å²) in [7, 11) is 4.91. The highest BCUT2D eigenvalue weighted by molar-refractivity contribution is 5.99. The SMILES string of the molecule is COc1ccc([C@H]2Nc3ccccc3-n3c(-c4cccc(C)c4)c4c(=O)n(C)c(=O)n(C)c4c32)cc1. The van der Waals surface area contributed by atoms with Crippen molar-refractivity contribution in [3.05, 3.63) is 110 Å². The fourth-order valence-corrected chi connectivity index (χ4v) is 5.33. The van der Waals surface area contributed by atoms with Crippen LogP contribution in [0, 0.1) is 6.92 Å². The number of aromatic nitrogens is 3. The molecule has 0 unspecified atom stereocenters. The Labute approximate surface area is 207 Å². The zero-order valence-electron chi connectivity index (χ0n) is 20.6. The van der Waals surface area contributed by atoms with E-state index in [-0.39, 0.29) is 17.3 Å². The Balaban J connectivity index is 1.83. The number of hydrogen-bond donors (Lipinski definition) is 1. The molecule has 0 amide bonds. The number of anilines is 1. The van der Waals surface area contributed by atoms with E-state index in [1.807, 2.05) is 73.7 Å². The largest absolute Gasteiger partial charge is 0.497 e. The summed E-state index contributed by atoms with van der Waals surface area (Å²) in [6.07, 6.45) is 0. The third-order valence-electron chi connectivity index (χ3n) is 7.07. The first-order valence-corrected chi connectivity index (χ1v) is 11.8. The number of rotatable bonds is 3. The van der Waals surface area contributed by atoms with Crippen molar-refractivity contribution in [1.29, 1.82) is 0 Å². The summed E-state index contributed by atoms with van der Waals surface area (Å²) in [5.74, 6) is 0.761. The summed E-state index contributed by atoms with van der Waals surface area (Å²) in [4.78, 5) is 26.9. The van der Waals surface area contributed by atoms with E-state index in [0.717, 1.165) is 45.2 Å². The van der Waals surface area contributed by atoms with Crippen LogP contribution in [0.3, 0.4) is 0 Å². The lowest BCUT2D eigenvalue weighted by Crippen LogP contribution is -2.37. The van der Waals surface area contributed by atoms with Crippen LogP contribution >= 0.6 is 0 Å². The number of benzene rings is 3. The van der Waals surface area contributed by atoms with Gasteiger partial charge in [-0.1, -0.05) is 48.0 Å². The van der Waals surface area contributed by atoms with Gasteiger partial charge >= 0.3 is 5.69 Å². The minimum atomic E-state index is -0.357. The van der Waals surface area contributed by atoms with Crippen molar-refractivity contribution in [1.82, 2.24) is 13.7 Å². The van der Waals surface area contributed by atoms with E-state index in [9.17, 15) is 9.59 Å². The van der Waals surface area contributed by atoms with Crippen LogP contribution in [0.2, 0.25) is 0 Å². The highest BCUT2D eigenvalue weighted by atomic mass is 16.5. The fourth-order valence-electron chi connectivity index (χ4n) is 5.33. The molecule has 0 aliphatic carbocycles. The molecule has 1 aliphatic rings. The highest BCUT2D eigenvalue weighted by Gasteiger charge is 2.34. The van der Waals surface area contributed by atoms with Crippen molar-refractivity contribution in [2.75, 3.05) is 12.4 Å². The Bertz CT molecular complexity index is 1770. The third kappa shape index (κ3) is 3.05. The average molecular weight is 479 g/mol. The van der Waals surface area contributed by atoms with Crippen LogP contribution in [-0.2, 0) is 14.1 Å². The van der Waals surface area contributed by atoms with E-state index in [2.05, 4.69) is 16.0 Å². The molecular formula is C29H26N4O3. The van der Waals surface area contributed by atoms with Gasteiger partial charge in [0.2, 0.25) is 0 Å². The molecule has 1 N–H and O–H groups in total. The third-order valence-corrected chi connectivity index (χ3v) is 7.07. The van der Waals surface area contributed by atoms with Crippen molar-refractivity contribution >= 4 is 16.6 Å². The smallest absolute Gasteiger partial charge is 0.331 e. The number of fused-ring (bicyclic) bond motifs is 5. The van der Waals surface area contributed by atoms with Gasteiger partial charge in [-0.15, -0.1) is 0 Å². The summed E-state index contributed by atoms with van der Waals surface area (Å²) in [5, 5.41) is 4.20. The molecule has 2 aromatic heterocycles. The molecule has 0 fully saturated rings. The van der Waals surface area contributed by atoms with Gasteiger partial charge in [0.05, 0.1) is 46.8 Å². The number of methoxy groups -OCH3 is 1. The second-order valence-corrected chi connectivity index (χ2v) is 9.24. The van der Waals surface area contributed by atoms with Crippen molar-refractivity contribution in [3.63, 3.8) is 0 Å². The fraction of sp³-hybridized carbons (Fsp3) is 0.172. The minimum Gasteiger partial charge on any atom is -0.497 e. The first kappa shape index (κ1) is 22.0. The van der Waals surface area contributed by atoms with Crippen LogP contribution < -0.4 is 21.3 Å². The predicted octanol–water partition coefficient (Wildman–Crippen LogP) is 4.53. The summed E-state index contributed by atoms with van der Waals surface area (Å²) < 4.78 is 10.3. The molecule has 0 saturated carbocycles. The molecule has 7 nitrogen and oxygen atoms in total. The Morgan fingerprint density at radius 1 is 0.889 bits per heavy atom. The Kier molecular flexibility index (Phi) is 4.89. The molecule has 6 rings (SSSR count). The first-order valence-electron chi connectivity index (χ1n) is 11.8. The van der Waals surface area contributed by atoms with Crippen LogP contribution in [0.5, 0.6) is 5.75 Å². The molecule has 0 bridgehead atoms. The summed E-state index contributed by atoms with van der Waals surface area (Å²) in [5.41, 5.74) is 6.48. The quantitative estimate of drug-likeness (QED) is 0.414. The number of ether oxygens (including phenoxy) is 1. The maximum absolute atomic E-state index is 13.7. The first-order chi connectivity index (χ1) is 17.4. The van der Waals surface area contributed by atoms with E-state index in [1.165, 1.54) is 11.6 Å². The van der Waals surface area contributed by atoms with Gasteiger partial charge in [0.15, 0.2) is 0 Å². The van der Waals surface area contributed by atoms with Gasteiger partial charge in [-0.25, -0.2) is 4.79 Å². The van der Waals surface area contributed by atoms with E-state index in [0.29, 0.717) is 10.9 Å². The standard InChI is InChI=1S/C29H26N4O3/c1-17-8-7-9-19(16-17)25-23-26(31(2)29(35)32(3)28(23)34)27-24(18-12-14-20(36-4)15-13-18)30-21-10-5-6-11-22(21)33(25)27/h5-16,24,30H,1-4H3/t24-/m1/s1. The Morgan fingerprint density at radius 3 is 2.36 bits per heavy atom. The Hall–Kier alpha value is -4.52. The van der Waals surface area contributed by atoms with Crippen molar-refractivity contribution in [3.8, 4) is 22.7 Å². The van der Waals surface area contributed by atoms with Crippen molar-refractivity contribution < 1.29 is 4.74 Å². The van der Waals surface area contributed by atoms with E-state index in [4.69, 9.17) is 4.74 Å². The lowest BCUT2D eigenvalue weighted by Gasteiger charge is -2.31.